The van der Waals surface area contributed by atoms with E-state index in [1.54, 1.807) is 11.8 Å². The number of carbonyl (C=O) groups excluding carboxylic acids is 2. The van der Waals surface area contributed by atoms with Crippen LogP contribution in [0.15, 0.2) is 18.2 Å². The molecular weight excluding hydrogens is 280 g/mol. The molecule has 1 heterocycles. The summed E-state index contributed by atoms with van der Waals surface area (Å²) in [4.78, 5) is 25.9. The number of fused-ring (bicyclic) bond motifs is 1. The summed E-state index contributed by atoms with van der Waals surface area (Å²) < 4.78 is 5.71. The van der Waals surface area contributed by atoms with Crippen LogP contribution in [0.3, 0.4) is 0 Å². The van der Waals surface area contributed by atoms with Crippen LogP contribution in [0, 0.1) is 11.8 Å². The van der Waals surface area contributed by atoms with Crippen molar-refractivity contribution in [3.63, 3.8) is 0 Å². The Morgan fingerprint density at radius 2 is 2.14 bits per heavy atom. The van der Waals surface area contributed by atoms with E-state index in [2.05, 4.69) is 19.2 Å². The minimum atomic E-state index is -0.499. The predicted molar refractivity (Wildman–Crippen MR) is 85.1 cm³/mol. The Morgan fingerprint density at radius 1 is 1.41 bits per heavy atom. The summed E-state index contributed by atoms with van der Waals surface area (Å²) in [5.41, 5.74) is 1.50. The minimum absolute atomic E-state index is 0.0176. The average Bonchev–Trinajstić information content (AvgIpc) is 3.28. The minimum Gasteiger partial charge on any atom is -0.479 e. The predicted octanol–water partition coefficient (Wildman–Crippen LogP) is 2.81. The smallest absolute Gasteiger partial charge is 0.267 e. The van der Waals surface area contributed by atoms with Crippen LogP contribution in [0.4, 0.5) is 11.4 Å². The first-order chi connectivity index (χ1) is 10.5. The fourth-order valence-corrected chi connectivity index (χ4v) is 2.63. The van der Waals surface area contributed by atoms with Crippen molar-refractivity contribution < 1.29 is 14.3 Å². The molecule has 0 radical (unpaired) electrons. The number of benzene rings is 1. The number of carbonyl (C=O) groups is 2. The largest absolute Gasteiger partial charge is 0.479 e. The molecule has 1 atom stereocenters. The summed E-state index contributed by atoms with van der Waals surface area (Å²) >= 11 is 0. The zero-order valence-corrected chi connectivity index (χ0v) is 13.3. The highest BCUT2D eigenvalue weighted by Gasteiger charge is 2.33. The number of amides is 2. The van der Waals surface area contributed by atoms with Crippen LogP contribution < -0.4 is 15.0 Å². The second-order valence-electron chi connectivity index (χ2n) is 6.55. The van der Waals surface area contributed by atoms with E-state index in [9.17, 15) is 9.59 Å². The summed E-state index contributed by atoms with van der Waals surface area (Å²) in [7, 11) is 0. The highest BCUT2D eigenvalue weighted by molar-refractivity contribution is 6.01. The third-order valence-corrected chi connectivity index (χ3v) is 3.93. The van der Waals surface area contributed by atoms with E-state index in [-0.39, 0.29) is 17.7 Å². The van der Waals surface area contributed by atoms with Gasteiger partial charge < -0.3 is 15.0 Å². The molecule has 1 unspecified atom stereocenters. The van der Waals surface area contributed by atoms with Crippen molar-refractivity contribution in [2.24, 2.45) is 11.8 Å². The van der Waals surface area contributed by atoms with Crippen LogP contribution in [0.1, 0.15) is 33.6 Å². The Balaban J connectivity index is 1.85. The van der Waals surface area contributed by atoms with E-state index in [1.807, 2.05) is 18.2 Å². The van der Waals surface area contributed by atoms with Gasteiger partial charge in [-0.25, -0.2) is 0 Å². The monoisotopic (exact) mass is 302 g/mol. The molecule has 118 valence electrons. The van der Waals surface area contributed by atoms with Gasteiger partial charge in [0, 0.05) is 24.2 Å². The number of anilines is 2. The van der Waals surface area contributed by atoms with Crippen molar-refractivity contribution >= 4 is 23.2 Å². The van der Waals surface area contributed by atoms with E-state index >= 15 is 0 Å². The number of nitrogens with one attached hydrogen (secondary N) is 1. The molecular formula is C17H22N2O3. The second kappa shape index (κ2) is 5.63. The fourth-order valence-electron chi connectivity index (χ4n) is 2.63. The van der Waals surface area contributed by atoms with Crippen molar-refractivity contribution in [1.82, 2.24) is 0 Å². The summed E-state index contributed by atoms with van der Waals surface area (Å²) in [6.45, 7) is 6.58. The Labute approximate surface area is 130 Å². The molecule has 1 aromatic carbocycles. The van der Waals surface area contributed by atoms with Gasteiger partial charge in [-0.3, -0.25) is 9.59 Å². The molecule has 5 heteroatoms. The van der Waals surface area contributed by atoms with Gasteiger partial charge in [0.15, 0.2) is 6.10 Å². The summed E-state index contributed by atoms with van der Waals surface area (Å²) in [6, 6.07) is 5.49. The topological polar surface area (TPSA) is 58.6 Å². The normalized spacial score (nSPS) is 20.6. The lowest BCUT2D eigenvalue weighted by Gasteiger charge is -2.34. The number of ether oxygens (including phenoxy) is 1. The maximum Gasteiger partial charge on any atom is 0.267 e. The van der Waals surface area contributed by atoms with Crippen molar-refractivity contribution in [2.45, 2.75) is 39.7 Å². The Bertz CT molecular complexity index is 608. The molecule has 1 saturated carbocycles. The number of hydrogen-bond acceptors (Lipinski definition) is 3. The summed E-state index contributed by atoms with van der Waals surface area (Å²) in [5.74, 6) is 1.24. The molecule has 22 heavy (non-hydrogen) atoms. The average molecular weight is 302 g/mol. The van der Waals surface area contributed by atoms with E-state index in [0.717, 1.165) is 24.2 Å². The van der Waals surface area contributed by atoms with E-state index in [1.165, 1.54) is 0 Å². The molecule has 1 aliphatic carbocycles. The fraction of sp³-hybridized carbons (Fsp3) is 0.529. The van der Waals surface area contributed by atoms with Crippen molar-refractivity contribution in [3.05, 3.63) is 18.2 Å². The summed E-state index contributed by atoms with van der Waals surface area (Å²) in [5, 5.41) is 2.91. The van der Waals surface area contributed by atoms with Gasteiger partial charge in [0.05, 0.1) is 5.69 Å². The molecule has 0 saturated heterocycles. The number of hydrogen-bond donors (Lipinski definition) is 1. The van der Waals surface area contributed by atoms with E-state index in [0.29, 0.717) is 18.2 Å². The van der Waals surface area contributed by atoms with Crippen LogP contribution in [-0.2, 0) is 9.59 Å². The number of rotatable bonds is 4. The van der Waals surface area contributed by atoms with E-state index < -0.39 is 6.10 Å². The molecule has 3 rings (SSSR count). The molecule has 2 aliphatic rings. The highest BCUT2D eigenvalue weighted by atomic mass is 16.5. The Kier molecular flexibility index (Phi) is 3.81. The maximum atomic E-state index is 12.3. The first-order valence-electron chi connectivity index (χ1n) is 7.88. The molecule has 2 amide bonds. The highest BCUT2D eigenvalue weighted by Crippen LogP contribution is 2.37. The quantitative estimate of drug-likeness (QED) is 0.930. The van der Waals surface area contributed by atoms with Gasteiger partial charge in [0.1, 0.15) is 5.75 Å². The second-order valence-corrected chi connectivity index (χ2v) is 6.55. The van der Waals surface area contributed by atoms with Gasteiger partial charge in [0.2, 0.25) is 5.91 Å². The van der Waals surface area contributed by atoms with Gasteiger partial charge in [-0.2, -0.15) is 0 Å². The zero-order chi connectivity index (χ0) is 15.9. The third kappa shape index (κ3) is 2.93. The van der Waals surface area contributed by atoms with Crippen LogP contribution in [0.25, 0.3) is 0 Å². The Morgan fingerprint density at radius 3 is 2.77 bits per heavy atom. The Hall–Kier alpha value is -2.04. The molecule has 1 aliphatic heterocycles. The lowest BCUT2D eigenvalue weighted by Crippen LogP contribution is -2.46. The molecule has 1 fully saturated rings. The molecule has 0 aromatic heterocycles. The van der Waals surface area contributed by atoms with Crippen molar-refractivity contribution in [1.29, 1.82) is 0 Å². The molecule has 0 spiro atoms. The lowest BCUT2D eigenvalue weighted by molar-refractivity contribution is -0.125. The standard InChI is InChI=1S/C17H22N2O3/c1-10(2)9-19-14-7-6-13(18-16(20)12-4-5-12)8-15(14)22-11(3)17(19)21/h6-8,10-12H,4-5,9H2,1-3H3,(H,18,20). The maximum absolute atomic E-state index is 12.3. The third-order valence-electron chi connectivity index (χ3n) is 3.93. The molecule has 0 bridgehead atoms. The number of nitrogens with zero attached hydrogens (tertiary/aromatic N) is 1. The van der Waals surface area contributed by atoms with Gasteiger partial charge in [-0.05, 0) is 37.8 Å². The molecule has 1 N–H and O–H groups in total. The van der Waals surface area contributed by atoms with Gasteiger partial charge in [0.25, 0.3) is 5.91 Å². The molecule has 1 aromatic rings. The summed E-state index contributed by atoms with van der Waals surface area (Å²) in [6.07, 6.45) is 1.45. The SMILES string of the molecule is CC(C)CN1C(=O)C(C)Oc2cc(NC(=O)C3CC3)ccc21. The van der Waals surface area contributed by atoms with Crippen molar-refractivity contribution in [3.8, 4) is 5.75 Å². The van der Waals surface area contributed by atoms with Crippen molar-refractivity contribution in [2.75, 3.05) is 16.8 Å². The first kappa shape index (κ1) is 14.9. The van der Waals surface area contributed by atoms with Gasteiger partial charge >= 0.3 is 0 Å². The van der Waals surface area contributed by atoms with Crippen LogP contribution in [0.2, 0.25) is 0 Å². The first-order valence-corrected chi connectivity index (χ1v) is 7.88. The lowest BCUT2D eigenvalue weighted by atomic mass is 10.1. The zero-order valence-electron chi connectivity index (χ0n) is 13.3. The van der Waals surface area contributed by atoms with Crippen LogP contribution in [-0.4, -0.2) is 24.5 Å². The van der Waals surface area contributed by atoms with Gasteiger partial charge in [-0.15, -0.1) is 0 Å². The molecule has 5 nitrogen and oxygen atoms in total. The van der Waals surface area contributed by atoms with Crippen LogP contribution >= 0.6 is 0 Å². The van der Waals surface area contributed by atoms with Gasteiger partial charge in [-0.1, -0.05) is 13.8 Å². The van der Waals surface area contributed by atoms with E-state index in [4.69, 9.17) is 4.74 Å². The van der Waals surface area contributed by atoms with Crippen LogP contribution in [0.5, 0.6) is 5.75 Å².